The minimum atomic E-state index is -0.813. The summed E-state index contributed by atoms with van der Waals surface area (Å²) in [5.74, 6) is -1.17. The van der Waals surface area contributed by atoms with E-state index >= 15 is 0 Å². The maximum atomic E-state index is 13.8. The molecule has 0 saturated heterocycles. The second kappa shape index (κ2) is 6.47. The predicted octanol–water partition coefficient (Wildman–Crippen LogP) is 4.50. The zero-order valence-corrected chi connectivity index (χ0v) is 16.4. The Balaban J connectivity index is 1.84. The molecule has 1 aliphatic rings. The van der Waals surface area contributed by atoms with Gasteiger partial charge in [-0.1, -0.05) is 35.1 Å². The van der Waals surface area contributed by atoms with Crippen LogP contribution in [0.3, 0.4) is 0 Å². The van der Waals surface area contributed by atoms with Crippen LogP contribution >= 0.6 is 22.9 Å². The first-order valence-corrected chi connectivity index (χ1v) is 9.79. The van der Waals surface area contributed by atoms with Crippen LogP contribution in [-0.4, -0.2) is 16.1 Å². The molecule has 0 radical (unpaired) electrons. The molecule has 3 heterocycles. The lowest BCUT2D eigenvalue weighted by Crippen LogP contribution is -2.29. The Kier molecular flexibility index (Phi) is 4.01. The van der Waals surface area contributed by atoms with Crippen LogP contribution in [0.25, 0.3) is 11.0 Å². The molecule has 0 saturated carbocycles. The van der Waals surface area contributed by atoms with E-state index in [0.29, 0.717) is 20.7 Å². The van der Waals surface area contributed by atoms with E-state index in [9.17, 15) is 14.0 Å². The highest BCUT2D eigenvalue weighted by atomic mass is 35.5. The molecule has 2 aromatic heterocycles. The van der Waals surface area contributed by atoms with Gasteiger partial charge in [0, 0.05) is 5.02 Å². The summed E-state index contributed by atoms with van der Waals surface area (Å²) in [5, 5.41) is 9.58. The molecule has 0 spiro atoms. The summed E-state index contributed by atoms with van der Waals surface area (Å²) in [6.07, 6.45) is 0. The lowest BCUT2D eigenvalue weighted by Gasteiger charge is -2.22. The molecule has 144 valence electrons. The van der Waals surface area contributed by atoms with Gasteiger partial charge in [0.25, 0.3) is 5.91 Å². The third-order valence-corrected chi connectivity index (χ3v) is 5.79. The molecule has 1 atom stereocenters. The van der Waals surface area contributed by atoms with E-state index in [0.717, 1.165) is 6.07 Å². The van der Waals surface area contributed by atoms with Gasteiger partial charge in [-0.15, -0.1) is 10.2 Å². The quantitative estimate of drug-likeness (QED) is 0.471. The first kappa shape index (κ1) is 18.0. The van der Waals surface area contributed by atoms with Crippen molar-refractivity contribution in [3.63, 3.8) is 0 Å². The van der Waals surface area contributed by atoms with Gasteiger partial charge in [0.05, 0.1) is 17.0 Å². The van der Waals surface area contributed by atoms with Crippen LogP contribution in [0.1, 0.15) is 32.7 Å². The number of hydrogen-bond acceptors (Lipinski definition) is 6. The highest BCUT2D eigenvalue weighted by Gasteiger charge is 2.45. The van der Waals surface area contributed by atoms with Gasteiger partial charge in [-0.3, -0.25) is 14.5 Å². The van der Waals surface area contributed by atoms with Crippen LogP contribution in [0.15, 0.2) is 51.7 Å². The fourth-order valence-corrected chi connectivity index (χ4v) is 4.43. The number of carbonyl (C=O) groups is 1. The summed E-state index contributed by atoms with van der Waals surface area (Å²) in [6.45, 7) is 1.77. The van der Waals surface area contributed by atoms with Gasteiger partial charge in [-0.25, -0.2) is 4.39 Å². The SMILES string of the molecule is Cc1nnc(N2C(=O)c3oc4ccc(F)cc4c(=O)c3C2c2cccc(Cl)c2)s1. The predicted molar refractivity (Wildman–Crippen MR) is 107 cm³/mol. The average molecular weight is 428 g/mol. The third-order valence-electron chi connectivity index (χ3n) is 4.72. The van der Waals surface area contributed by atoms with Crippen molar-refractivity contribution in [2.24, 2.45) is 0 Å². The smallest absolute Gasteiger partial charge is 0.297 e. The van der Waals surface area contributed by atoms with Crippen molar-refractivity contribution in [3.05, 3.63) is 85.4 Å². The first-order valence-electron chi connectivity index (χ1n) is 8.59. The van der Waals surface area contributed by atoms with E-state index in [2.05, 4.69) is 10.2 Å². The molecule has 0 N–H and O–H groups in total. The van der Waals surface area contributed by atoms with E-state index in [-0.39, 0.29) is 22.3 Å². The number of hydrogen-bond donors (Lipinski definition) is 0. The summed E-state index contributed by atoms with van der Waals surface area (Å²) >= 11 is 7.38. The molecule has 5 rings (SSSR count). The number of aryl methyl sites for hydroxylation is 1. The summed E-state index contributed by atoms with van der Waals surface area (Å²) in [5.41, 5.74) is 0.412. The van der Waals surface area contributed by atoms with E-state index in [1.54, 1.807) is 31.2 Å². The molecular weight excluding hydrogens is 417 g/mol. The first-order chi connectivity index (χ1) is 13.9. The van der Waals surface area contributed by atoms with Crippen LogP contribution in [-0.2, 0) is 0 Å². The van der Waals surface area contributed by atoms with Crippen molar-refractivity contribution in [1.29, 1.82) is 0 Å². The Bertz CT molecular complexity index is 1370. The maximum Gasteiger partial charge on any atom is 0.297 e. The molecule has 1 aliphatic heterocycles. The standard InChI is InChI=1S/C20H11ClFN3O3S/c1-9-23-24-20(29-9)25-16(10-3-2-4-11(21)7-10)15-17(26)13-8-12(22)5-6-14(13)28-18(15)19(25)27/h2-8,16H,1H3. The number of carbonyl (C=O) groups excluding carboxylic acids is 1. The molecule has 6 nitrogen and oxygen atoms in total. The molecule has 29 heavy (non-hydrogen) atoms. The number of nitrogens with zero attached hydrogens (tertiary/aromatic N) is 3. The van der Waals surface area contributed by atoms with Crippen molar-refractivity contribution < 1.29 is 13.6 Å². The van der Waals surface area contributed by atoms with Crippen LogP contribution in [0.4, 0.5) is 9.52 Å². The number of fused-ring (bicyclic) bond motifs is 2. The molecule has 9 heteroatoms. The van der Waals surface area contributed by atoms with Gasteiger partial charge in [0.1, 0.15) is 16.4 Å². The highest BCUT2D eigenvalue weighted by molar-refractivity contribution is 7.15. The van der Waals surface area contributed by atoms with Crippen LogP contribution in [0.5, 0.6) is 0 Å². The van der Waals surface area contributed by atoms with Gasteiger partial charge in [-0.05, 0) is 42.8 Å². The Hall–Kier alpha value is -3.10. The molecule has 1 unspecified atom stereocenters. The highest BCUT2D eigenvalue weighted by Crippen LogP contribution is 2.42. The van der Waals surface area contributed by atoms with Gasteiger partial charge in [0.15, 0.2) is 5.43 Å². The number of halogens is 2. The van der Waals surface area contributed by atoms with E-state index < -0.39 is 23.2 Å². The van der Waals surface area contributed by atoms with Crippen molar-refractivity contribution in [3.8, 4) is 0 Å². The second-order valence-corrected chi connectivity index (χ2v) is 8.15. The summed E-state index contributed by atoms with van der Waals surface area (Å²) in [7, 11) is 0. The molecule has 0 bridgehead atoms. The Morgan fingerprint density at radius 3 is 2.72 bits per heavy atom. The van der Waals surface area contributed by atoms with Gasteiger partial charge in [-0.2, -0.15) is 0 Å². The molecular formula is C20H11ClFN3O3S. The van der Waals surface area contributed by atoms with Crippen LogP contribution < -0.4 is 10.3 Å². The number of aromatic nitrogens is 2. The molecule has 1 amide bonds. The summed E-state index contributed by atoms with van der Waals surface area (Å²) in [4.78, 5) is 27.9. The van der Waals surface area contributed by atoms with Crippen molar-refractivity contribution >= 4 is 44.9 Å². The van der Waals surface area contributed by atoms with E-state index in [1.165, 1.54) is 28.4 Å². The lowest BCUT2D eigenvalue weighted by atomic mass is 9.99. The Morgan fingerprint density at radius 1 is 1.17 bits per heavy atom. The van der Waals surface area contributed by atoms with Crippen molar-refractivity contribution in [2.45, 2.75) is 13.0 Å². The zero-order chi connectivity index (χ0) is 20.3. The second-order valence-electron chi connectivity index (χ2n) is 6.55. The fraction of sp³-hybridized carbons (Fsp3) is 0.100. The van der Waals surface area contributed by atoms with Crippen LogP contribution in [0, 0.1) is 12.7 Å². The fourth-order valence-electron chi connectivity index (χ4n) is 3.52. The lowest BCUT2D eigenvalue weighted by molar-refractivity contribution is 0.0970. The van der Waals surface area contributed by atoms with E-state index in [1.807, 2.05) is 0 Å². The molecule has 4 aromatic rings. The Labute approximate surface area is 172 Å². The largest absolute Gasteiger partial charge is 0.450 e. The Morgan fingerprint density at radius 2 is 2.00 bits per heavy atom. The monoisotopic (exact) mass is 427 g/mol. The normalized spacial score (nSPS) is 15.9. The number of rotatable bonds is 2. The number of benzene rings is 2. The van der Waals surface area contributed by atoms with Gasteiger partial charge >= 0.3 is 0 Å². The summed E-state index contributed by atoms with van der Waals surface area (Å²) in [6, 6.07) is 9.67. The molecule has 0 fully saturated rings. The van der Waals surface area contributed by atoms with Gasteiger partial charge < -0.3 is 4.42 Å². The zero-order valence-electron chi connectivity index (χ0n) is 14.8. The van der Waals surface area contributed by atoms with Crippen molar-refractivity contribution in [2.75, 3.05) is 4.90 Å². The number of anilines is 1. The third kappa shape index (κ3) is 2.75. The number of amides is 1. The van der Waals surface area contributed by atoms with Crippen LogP contribution in [0.2, 0.25) is 5.02 Å². The topological polar surface area (TPSA) is 76.3 Å². The van der Waals surface area contributed by atoms with Crippen molar-refractivity contribution in [1.82, 2.24) is 10.2 Å². The minimum absolute atomic E-state index is 0.0684. The summed E-state index contributed by atoms with van der Waals surface area (Å²) < 4.78 is 19.5. The molecule has 0 aliphatic carbocycles. The minimum Gasteiger partial charge on any atom is -0.450 e. The average Bonchev–Trinajstić information content (AvgIpc) is 3.24. The van der Waals surface area contributed by atoms with E-state index in [4.69, 9.17) is 16.0 Å². The maximum absolute atomic E-state index is 13.8. The van der Waals surface area contributed by atoms with Gasteiger partial charge in [0.2, 0.25) is 10.9 Å². The molecule has 2 aromatic carbocycles.